The zero-order chi connectivity index (χ0) is 15.9. The van der Waals surface area contributed by atoms with Crippen molar-refractivity contribution in [3.05, 3.63) is 30.1 Å². The van der Waals surface area contributed by atoms with Gasteiger partial charge in [0, 0.05) is 18.7 Å². The van der Waals surface area contributed by atoms with Crippen LogP contribution in [-0.2, 0) is 4.79 Å². The number of benzene rings is 1. The van der Waals surface area contributed by atoms with E-state index in [-0.39, 0.29) is 11.8 Å². The van der Waals surface area contributed by atoms with E-state index in [9.17, 15) is 14.0 Å². The molecule has 0 spiro atoms. The summed E-state index contributed by atoms with van der Waals surface area (Å²) in [6.45, 7) is 4.35. The number of amides is 2. The molecule has 0 saturated carbocycles. The normalized spacial score (nSPS) is 11.0. The highest BCUT2D eigenvalue weighted by Crippen LogP contribution is 2.25. The quantitative estimate of drug-likeness (QED) is 0.723. The van der Waals surface area contributed by atoms with Crippen molar-refractivity contribution >= 4 is 17.7 Å². The Morgan fingerprint density at radius 3 is 2.62 bits per heavy atom. The molecule has 3 N–H and O–H groups in total. The summed E-state index contributed by atoms with van der Waals surface area (Å²) in [6.07, 6.45) is 1.33. The fraction of sp³-hybridized carbons (Fsp3) is 0.467. The van der Waals surface area contributed by atoms with Gasteiger partial charge in [-0.3, -0.25) is 4.79 Å². The lowest BCUT2D eigenvalue weighted by molar-refractivity contribution is -0.137. The number of rotatable bonds is 7. The number of carbonyl (C=O) groups excluding carboxylic acids is 1. The molecule has 0 bridgehead atoms. The maximum atomic E-state index is 13.0. The SMILES string of the molecule is CC(C)(CCNC(=O)Nc1cccc(F)c1)CCC(=O)O. The Bertz CT molecular complexity index is 503. The lowest BCUT2D eigenvalue weighted by Gasteiger charge is -2.23. The van der Waals surface area contributed by atoms with Gasteiger partial charge in [-0.05, 0) is 36.5 Å². The third kappa shape index (κ3) is 7.29. The monoisotopic (exact) mass is 296 g/mol. The minimum atomic E-state index is -0.820. The molecule has 0 aliphatic heterocycles. The Morgan fingerprint density at radius 1 is 1.29 bits per heavy atom. The van der Waals surface area contributed by atoms with Gasteiger partial charge in [-0.25, -0.2) is 9.18 Å². The highest BCUT2D eigenvalue weighted by Gasteiger charge is 2.19. The number of nitrogens with one attached hydrogen (secondary N) is 2. The second-order valence-electron chi connectivity index (χ2n) is 5.70. The van der Waals surface area contributed by atoms with Crippen molar-refractivity contribution in [2.75, 3.05) is 11.9 Å². The number of urea groups is 1. The molecule has 1 aromatic rings. The Kier molecular flexibility index (Phi) is 6.14. The van der Waals surface area contributed by atoms with Gasteiger partial charge in [0.1, 0.15) is 5.82 Å². The fourth-order valence-corrected chi connectivity index (χ4v) is 1.83. The molecule has 2 amide bonds. The summed E-state index contributed by atoms with van der Waals surface area (Å²) in [5.41, 5.74) is 0.225. The van der Waals surface area contributed by atoms with Crippen molar-refractivity contribution < 1.29 is 19.1 Å². The molecule has 0 unspecified atom stereocenters. The Balaban J connectivity index is 2.31. The minimum absolute atomic E-state index is 0.114. The van der Waals surface area contributed by atoms with E-state index in [0.717, 1.165) is 0 Å². The van der Waals surface area contributed by atoms with Crippen LogP contribution in [0.2, 0.25) is 0 Å². The first-order valence-corrected chi connectivity index (χ1v) is 6.81. The van der Waals surface area contributed by atoms with Crippen LogP contribution in [0.4, 0.5) is 14.9 Å². The van der Waals surface area contributed by atoms with E-state index in [0.29, 0.717) is 25.1 Å². The molecule has 21 heavy (non-hydrogen) atoms. The molecule has 6 heteroatoms. The van der Waals surface area contributed by atoms with Gasteiger partial charge in [-0.2, -0.15) is 0 Å². The van der Waals surface area contributed by atoms with E-state index in [4.69, 9.17) is 5.11 Å². The molecule has 116 valence electrons. The number of hydrogen-bond donors (Lipinski definition) is 3. The molecule has 0 saturated heterocycles. The van der Waals surface area contributed by atoms with Gasteiger partial charge in [0.05, 0.1) is 0 Å². The van der Waals surface area contributed by atoms with Crippen molar-refractivity contribution in [1.82, 2.24) is 5.32 Å². The van der Waals surface area contributed by atoms with Crippen LogP contribution < -0.4 is 10.6 Å². The van der Waals surface area contributed by atoms with Crippen molar-refractivity contribution in [3.8, 4) is 0 Å². The summed E-state index contributed by atoms with van der Waals surface area (Å²) in [7, 11) is 0. The van der Waals surface area contributed by atoms with Gasteiger partial charge in [0.15, 0.2) is 0 Å². The highest BCUT2D eigenvalue weighted by atomic mass is 19.1. The van der Waals surface area contributed by atoms with Gasteiger partial charge >= 0.3 is 12.0 Å². The first kappa shape index (κ1) is 16.9. The van der Waals surface area contributed by atoms with E-state index >= 15 is 0 Å². The second kappa shape index (κ2) is 7.61. The first-order chi connectivity index (χ1) is 9.78. The van der Waals surface area contributed by atoms with Gasteiger partial charge in [0.2, 0.25) is 0 Å². The standard InChI is InChI=1S/C15H21FN2O3/c1-15(2,7-6-13(19)20)8-9-17-14(21)18-12-5-3-4-11(16)10-12/h3-5,10H,6-9H2,1-2H3,(H,19,20)(H2,17,18,21). The average molecular weight is 296 g/mol. The van der Waals surface area contributed by atoms with Crippen LogP contribution in [0.25, 0.3) is 0 Å². The summed E-state index contributed by atoms with van der Waals surface area (Å²) < 4.78 is 13.0. The van der Waals surface area contributed by atoms with Crippen LogP contribution in [-0.4, -0.2) is 23.7 Å². The average Bonchev–Trinajstić information content (AvgIpc) is 2.36. The number of anilines is 1. The van der Waals surface area contributed by atoms with Gasteiger partial charge in [0.25, 0.3) is 0 Å². The zero-order valence-corrected chi connectivity index (χ0v) is 12.3. The largest absolute Gasteiger partial charge is 0.481 e. The third-order valence-electron chi connectivity index (χ3n) is 3.19. The Morgan fingerprint density at radius 2 is 2.00 bits per heavy atom. The Hall–Kier alpha value is -2.11. The molecule has 0 atom stereocenters. The third-order valence-corrected chi connectivity index (χ3v) is 3.19. The van der Waals surface area contributed by atoms with Crippen LogP contribution in [0, 0.1) is 11.2 Å². The number of carboxylic acids is 1. The molecule has 0 aliphatic carbocycles. The molecule has 0 heterocycles. The number of hydrogen-bond acceptors (Lipinski definition) is 2. The maximum Gasteiger partial charge on any atom is 0.319 e. The molecular weight excluding hydrogens is 275 g/mol. The van der Waals surface area contributed by atoms with E-state index in [2.05, 4.69) is 10.6 Å². The predicted molar refractivity (Wildman–Crippen MR) is 78.7 cm³/mol. The van der Waals surface area contributed by atoms with Gasteiger partial charge in [-0.1, -0.05) is 19.9 Å². The number of carbonyl (C=O) groups is 2. The van der Waals surface area contributed by atoms with Crippen LogP contribution in [0.5, 0.6) is 0 Å². The summed E-state index contributed by atoms with van der Waals surface area (Å²) >= 11 is 0. The van der Waals surface area contributed by atoms with E-state index in [1.54, 1.807) is 6.07 Å². The molecule has 0 radical (unpaired) electrons. The summed E-state index contributed by atoms with van der Waals surface area (Å²) in [6, 6.07) is 5.23. The smallest absolute Gasteiger partial charge is 0.319 e. The zero-order valence-electron chi connectivity index (χ0n) is 12.3. The van der Waals surface area contributed by atoms with E-state index in [1.807, 2.05) is 13.8 Å². The molecular formula is C15H21FN2O3. The van der Waals surface area contributed by atoms with Crippen LogP contribution in [0.3, 0.4) is 0 Å². The van der Waals surface area contributed by atoms with Crippen molar-refractivity contribution in [2.45, 2.75) is 33.1 Å². The fourth-order valence-electron chi connectivity index (χ4n) is 1.83. The van der Waals surface area contributed by atoms with Crippen LogP contribution in [0.15, 0.2) is 24.3 Å². The van der Waals surface area contributed by atoms with E-state index < -0.39 is 17.8 Å². The first-order valence-electron chi connectivity index (χ1n) is 6.81. The molecule has 0 aliphatic rings. The van der Waals surface area contributed by atoms with Crippen molar-refractivity contribution in [1.29, 1.82) is 0 Å². The number of carboxylic acid groups (broad SMARTS) is 1. The second-order valence-corrected chi connectivity index (χ2v) is 5.70. The molecule has 0 aromatic heterocycles. The predicted octanol–water partition coefficient (Wildman–Crippen LogP) is 3.23. The van der Waals surface area contributed by atoms with Crippen LogP contribution in [0.1, 0.15) is 33.1 Å². The highest BCUT2D eigenvalue weighted by molar-refractivity contribution is 5.89. The van der Waals surface area contributed by atoms with Gasteiger partial charge < -0.3 is 15.7 Å². The summed E-state index contributed by atoms with van der Waals surface area (Å²) in [5, 5.41) is 13.9. The molecule has 1 rings (SSSR count). The number of halogens is 1. The lowest BCUT2D eigenvalue weighted by Crippen LogP contribution is -2.32. The van der Waals surface area contributed by atoms with Crippen molar-refractivity contribution in [2.24, 2.45) is 5.41 Å². The summed E-state index contributed by atoms with van der Waals surface area (Å²) in [4.78, 5) is 22.2. The van der Waals surface area contributed by atoms with E-state index in [1.165, 1.54) is 18.2 Å². The lowest BCUT2D eigenvalue weighted by atomic mass is 9.84. The summed E-state index contributed by atoms with van der Waals surface area (Å²) in [5.74, 6) is -1.23. The Labute approximate surface area is 123 Å². The number of aliphatic carboxylic acids is 1. The van der Waals surface area contributed by atoms with Crippen molar-refractivity contribution in [3.63, 3.8) is 0 Å². The molecule has 5 nitrogen and oxygen atoms in total. The van der Waals surface area contributed by atoms with Gasteiger partial charge in [-0.15, -0.1) is 0 Å². The van der Waals surface area contributed by atoms with Crippen LogP contribution >= 0.6 is 0 Å². The maximum absolute atomic E-state index is 13.0. The molecule has 1 aromatic carbocycles. The molecule has 0 fully saturated rings. The topological polar surface area (TPSA) is 78.4 Å². The minimum Gasteiger partial charge on any atom is -0.481 e.